The number of hydrogen-bond acceptors (Lipinski definition) is 5. The Kier molecular flexibility index (Phi) is 8.25. The van der Waals surface area contributed by atoms with Crippen LogP contribution in [0.1, 0.15) is 21.5 Å². The van der Waals surface area contributed by atoms with E-state index in [9.17, 15) is 18.0 Å². The SMILES string of the molecule is CS(=O)(=O)c1cc(C(=O)OCC(=O)N(CCc2ccccc2)Cc2ccccc2)ccc1Cl. The van der Waals surface area contributed by atoms with Crippen LogP contribution >= 0.6 is 11.6 Å². The van der Waals surface area contributed by atoms with Crippen molar-refractivity contribution in [2.75, 3.05) is 19.4 Å². The number of sulfone groups is 1. The van der Waals surface area contributed by atoms with Gasteiger partial charge in [-0.25, -0.2) is 13.2 Å². The van der Waals surface area contributed by atoms with E-state index in [1.807, 2.05) is 60.7 Å². The second-order valence-electron chi connectivity index (χ2n) is 7.53. The number of nitrogens with zero attached hydrogens (tertiary/aromatic N) is 1. The molecule has 0 radical (unpaired) electrons. The summed E-state index contributed by atoms with van der Waals surface area (Å²) in [6, 6.07) is 23.2. The summed E-state index contributed by atoms with van der Waals surface area (Å²) < 4.78 is 28.9. The topological polar surface area (TPSA) is 80.7 Å². The van der Waals surface area contributed by atoms with Crippen LogP contribution in [0.2, 0.25) is 5.02 Å². The maximum atomic E-state index is 12.9. The van der Waals surface area contributed by atoms with Gasteiger partial charge in [-0.3, -0.25) is 4.79 Å². The molecule has 6 nitrogen and oxygen atoms in total. The molecule has 0 unspecified atom stereocenters. The number of carbonyl (C=O) groups excluding carboxylic acids is 2. The third-order valence-electron chi connectivity index (χ3n) is 4.98. The molecule has 8 heteroatoms. The molecule has 33 heavy (non-hydrogen) atoms. The summed E-state index contributed by atoms with van der Waals surface area (Å²) in [5.41, 5.74) is 2.06. The highest BCUT2D eigenvalue weighted by atomic mass is 35.5. The normalized spacial score (nSPS) is 11.1. The maximum Gasteiger partial charge on any atom is 0.338 e. The summed E-state index contributed by atoms with van der Waals surface area (Å²) in [5, 5.41) is 0.0140. The first-order chi connectivity index (χ1) is 15.7. The Balaban J connectivity index is 1.68. The Bertz CT molecular complexity index is 1210. The Hall–Kier alpha value is -3.16. The third-order valence-corrected chi connectivity index (χ3v) is 6.55. The zero-order chi connectivity index (χ0) is 23.8. The van der Waals surface area contributed by atoms with Gasteiger partial charge in [0.15, 0.2) is 16.4 Å². The van der Waals surface area contributed by atoms with Gasteiger partial charge in [0.1, 0.15) is 0 Å². The fourth-order valence-electron chi connectivity index (χ4n) is 3.22. The lowest BCUT2D eigenvalue weighted by Crippen LogP contribution is -2.35. The Morgan fingerprint density at radius 1 is 0.909 bits per heavy atom. The second kappa shape index (κ2) is 11.1. The van der Waals surface area contributed by atoms with Crippen LogP contribution in [0.25, 0.3) is 0 Å². The molecule has 3 aromatic rings. The van der Waals surface area contributed by atoms with Crippen LogP contribution in [-0.2, 0) is 32.3 Å². The van der Waals surface area contributed by atoms with Gasteiger partial charge in [-0.05, 0) is 35.7 Å². The van der Waals surface area contributed by atoms with Gasteiger partial charge in [0.25, 0.3) is 5.91 Å². The lowest BCUT2D eigenvalue weighted by atomic mass is 10.1. The standard InChI is InChI=1S/C25H24ClNO5S/c1-33(30,31)23-16-21(12-13-22(23)26)25(29)32-18-24(28)27(17-20-10-6-3-7-11-20)15-14-19-8-4-2-5-9-19/h2-13,16H,14-15,17-18H2,1H3. The van der Waals surface area contributed by atoms with Crippen molar-refractivity contribution >= 4 is 33.3 Å². The van der Waals surface area contributed by atoms with Crippen molar-refractivity contribution in [3.63, 3.8) is 0 Å². The minimum absolute atomic E-state index is 0.00604. The van der Waals surface area contributed by atoms with E-state index in [-0.39, 0.29) is 21.4 Å². The summed E-state index contributed by atoms with van der Waals surface area (Å²) in [5.74, 6) is -1.15. The first kappa shape index (κ1) is 24.5. The zero-order valence-corrected chi connectivity index (χ0v) is 19.7. The maximum absolute atomic E-state index is 12.9. The van der Waals surface area contributed by atoms with Crippen LogP contribution in [0.15, 0.2) is 83.8 Å². The minimum atomic E-state index is -3.62. The predicted octanol–water partition coefficient (Wildman–Crippen LogP) is 4.17. The van der Waals surface area contributed by atoms with Crippen molar-refractivity contribution in [1.29, 1.82) is 0 Å². The number of halogens is 1. The fraction of sp³-hybridized carbons (Fsp3) is 0.200. The van der Waals surface area contributed by atoms with E-state index >= 15 is 0 Å². The van der Waals surface area contributed by atoms with Gasteiger partial charge in [0, 0.05) is 19.3 Å². The molecule has 172 valence electrons. The predicted molar refractivity (Wildman–Crippen MR) is 127 cm³/mol. The highest BCUT2D eigenvalue weighted by Crippen LogP contribution is 2.23. The summed E-state index contributed by atoms with van der Waals surface area (Å²) in [7, 11) is -3.62. The molecule has 0 bridgehead atoms. The highest BCUT2D eigenvalue weighted by molar-refractivity contribution is 7.90. The number of esters is 1. The van der Waals surface area contributed by atoms with Crippen LogP contribution < -0.4 is 0 Å². The van der Waals surface area contributed by atoms with E-state index in [0.717, 1.165) is 23.4 Å². The van der Waals surface area contributed by atoms with Gasteiger partial charge in [-0.15, -0.1) is 0 Å². The van der Waals surface area contributed by atoms with Crippen LogP contribution in [-0.4, -0.2) is 44.6 Å². The molecule has 3 rings (SSSR count). The van der Waals surface area contributed by atoms with Crippen molar-refractivity contribution in [3.8, 4) is 0 Å². The zero-order valence-electron chi connectivity index (χ0n) is 18.1. The molecular weight excluding hydrogens is 462 g/mol. The number of hydrogen-bond donors (Lipinski definition) is 0. The smallest absolute Gasteiger partial charge is 0.338 e. The Morgan fingerprint density at radius 2 is 1.52 bits per heavy atom. The first-order valence-corrected chi connectivity index (χ1v) is 12.5. The minimum Gasteiger partial charge on any atom is -0.452 e. The van der Waals surface area contributed by atoms with Crippen molar-refractivity contribution in [1.82, 2.24) is 4.90 Å². The molecule has 0 spiro atoms. The van der Waals surface area contributed by atoms with Crippen molar-refractivity contribution < 1.29 is 22.7 Å². The Labute approximate surface area is 198 Å². The molecule has 0 heterocycles. The number of carbonyl (C=O) groups is 2. The number of ether oxygens (including phenoxy) is 1. The summed E-state index contributed by atoms with van der Waals surface area (Å²) >= 11 is 5.92. The number of benzene rings is 3. The largest absolute Gasteiger partial charge is 0.452 e. The van der Waals surface area contributed by atoms with Crippen LogP contribution in [0.5, 0.6) is 0 Å². The molecule has 3 aromatic carbocycles. The van der Waals surface area contributed by atoms with E-state index in [2.05, 4.69) is 0 Å². The lowest BCUT2D eigenvalue weighted by Gasteiger charge is -2.23. The van der Waals surface area contributed by atoms with Gasteiger partial charge >= 0.3 is 5.97 Å². The number of amides is 1. The molecule has 0 fully saturated rings. The van der Waals surface area contributed by atoms with Crippen LogP contribution in [0.4, 0.5) is 0 Å². The van der Waals surface area contributed by atoms with Gasteiger partial charge in [-0.2, -0.15) is 0 Å². The quantitative estimate of drug-likeness (QED) is 0.425. The van der Waals surface area contributed by atoms with Crippen LogP contribution in [0, 0.1) is 0 Å². The van der Waals surface area contributed by atoms with Crippen molar-refractivity contribution in [3.05, 3.63) is 101 Å². The third kappa shape index (κ3) is 7.17. The molecule has 0 N–H and O–H groups in total. The monoisotopic (exact) mass is 485 g/mol. The summed E-state index contributed by atoms with van der Waals surface area (Å²) in [6.07, 6.45) is 1.66. The van der Waals surface area contributed by atoms with Crippen molar-refractivity contribution in [2.24, 2.45) is 0 Å². The van der Waals surface area contributed by atoms with E-state index in [1.54, 1.807) is 4.90 Å². The first-order valence-electron chi connectivity index (χ1n) is 10.3. The van der Waals surface area contributed by atoms with Gasteiger partial charge in [-0.1, -0.05) is 72.3 Å². The van der Waals surface area contributed by atoms with Crippen LogP contribution in [0.3, 0.4) is 0 Å². The van der Waals surface area contributed by atoms with E-state index in [1.165, 1.54) is 12.1 Å². The summed E-state index contributed by atoms with van der Waals surface area (Å²) in [6.45, 7) is 0.370. The second-order valence-corrected chi connectivity index (χ2v) is 9.92. The molecule has 0 saturated carbocycles. The molecule has 0 aliphatic carbocycles. The molecule has 0 atom stereocenters. The van der Waals surface area contributed by atoms with E-state index in [0.29, 0.717) is 19.5 Å². The van der Waals surface area contributed by atoms with E-state index < -0.39 is 22.4 Å². The highest BCUT2D eigenvalue weighted by Gasteiger charge is 2.20. The van der Waals surface area contributed by atoms with E-state index in [4.69, 9.17) is 16.3 Å². The molecule has 0 aliphatic heterocycles. The molecule has 0 saturated heterocycles. The van der Waals surface area contributed by atoms with Gasteiger partial charge in [0.2, 0.25) is 0 Å². The van der Waals surface area contributed by atoms with Gasteiger partial charge in [0.05, 0.1) is 15.5 Å². The number of rotatable bonds is 9. The average molecular weight is 486 g/mol. The van der Waals surface area contributed by atoms with Crippen molar-refractivity contribution in [2.45, 2.75) is 17.9 Å². The molecule has 1 amide bonds. The lowest BCUT2D eigenvalue weighted by molar-refractivity contribution is -0.135. The fourth-order valence-corrected chi connectivity index (χ4v) is 4.52. The molecule has 0 aromatic heterocycles. The van der Waals surface area contributed by atoms with Gasteiger partial charge < -0.3 is 9.64 Å². The average Bonchev–Trinajstić information content (AvgIpc) is 2.80. The molecular formula is C25H24ClNO5S. The summed E-state index contributed by atoms with van der Waals surface area (Å²) in [4.78, 5) is 26.9. The molecule has 0 aliphatic rings. The Morgan fingerprint density at radius 3 is 2.12 bits per heavy atom.